The second-order valence-electron chi connectivity index (χ2n) is 1.32. The molecule has 0 aromatic carbocycles. The van der Waals surface area contributed by atoms with Crippen LogP contribution in [0.1, 0.15) is 6.92 Å². The van der Waals surface area contributed by atoms with Gasteiger partial charge in [0, 0.05) is 0 Å². The fourth-order valence-electron chi connectivity index (χ4n) is 0.180. The zero-order valence-corrected chi connectivity index (χ0v) is 11.3. The van der Waals surface area contributed by atoms with Gasteiger partial charge in [-0.2, -0.15) is 8.60 Å². The molecule has 0 aliphatic rings. The van der Waals surface area contributed by atoms with Crippen LogP contribution in [0.4, 0.5) is 0 Å². The maximum Gasteiger partial charge on any atom is 1.00 e. The van der Waals surface area contributed by atoms with Crippen LogP contribution in [-0.2, 0) is 4.52 Å². The summed E-state index contributed by atoms with van der Waals surface area (Å²) in [4.78, 5) is 19.3. The van der Waals surface area contributed by atoms with E-state index in [9.17, 15) is 9.79 Å². The predicted octanol–water partition coefficient (Wildman–Crippen LogP) is -7.66. The Morgan fingerprint density at radius 2 is 1.90 bits per heavy atom. The second kappa shape index (κ2) is 11.3. The van der Waals surface area contributed by atoms with Gasteiger partial charge in [-0.25, -0.2) is 0 Å². The fourth-order valence-corrected chi connectivity index (χ4v) is 0.541. The molecule has 0 aromatic heterocycles. The SMILES string of the molecule is CC(CO)OP([O-])[O-].[Na+].[Na+]. The molecule has 1 atom stereocenters. The summed E-state index contributed by atoms with van der Waals surface area (Å²) in [6.07, 6.45) is -0.615. The third kappa shape index (κ3) is 12.9. The summed E-state index contributed by atoms with van der Waals surface area (Å²) in [5.41, 5.74) is 0. The molecule has 0 spiro atoms. The van der Waals surface area contributed by atoms with Gasteiger partial charge in [0.15, 0.2) is 0 Å². The van der Waals surface area contributed by atoms with Crippen molar-refractivity contribution in [2.45, 2.75) is 13.0 Å². The van der Waals surface area contributed by atoms with Crippen LogP contribution in [0.15, 0.2) is 0 Å². The Balaban J connectivity index is -0.000000245. The molecular formula is C3H7Na2O4P. The Morgan fingerprint density at radius 3 is 2.00 bits per heavy atom. The molecule has 0 aliphatic carbocycles. The number of aliphatic hydroxyl groups excluding tert-OH is 1. The largest absolute Gasteiger partial charge is 1.00 e. The minimum absolute atomic E-state index is 0. The average molecular weight is 184 g/mol. The summed E-state index contributed by atoms with van der Waals surface area (Å²) in [6, 6.07) is 0. The third-order valence-electron chi connectivity index (χ3n) is 0.523. The molecule has 10 heavy (non-hydrogen) atoms. The van der Waals surface area contributed by atoms with Crippen LogP contribution < -0.4 is 68.9 Å². The molecule has 0 radical (unpaired) electrons. The van der Waals surface area contributed by atoms with E-state index in [4.69, 9.17) is 5.11 Å². The normalized spacial score (nSPS) is 11.7. The molecule has 0 saturated heterocycles. The first-order chi connectivity index (χ1) is 3.66. The van der Waals surface area contributed by atoms with Gasteiger partial charge in [-0.15, -0.1) is 0 Å². The molecule has 1 N–H and O–H groups in total. The number of hydrogen-bond acceptors (Lipinski definition) is 4. The second-order valence-corrected chi connectivity index (χ2v) is 1.98. The molecule has 0 rings (SSSR count). The summed E-state index contributed by atoms with van der Waals surface area (Å²) in [7, 11) is -2.81. The molecule has 0 heterocycles. The van der Waals surface area contributed by atoms with Crippen molar-refractivity contribution < 1.29 is 78.5 Å². The summed E-state index contributed by atoms with van der Waals surface area (Å²) in [5.74, 6) is 0. The van der Waals surface area contributed by atoms with E-state index in [0.717, 1.165) is 0 Å². The quantitative estimate of drug-likeness (QED) is 0.349. The van der Waals surface area contributed by atoms with Crippen LogP contribution >= 0.6 is 8.60 Å². The summed E-state index contributed by atoms with van der Waals surface area (Å²) in [5, 5.41) is 8.19. The van der Waals surface area contributed by atoms with Gasteiger partial charge in [-0.05, 0) is 6.92 Å². The molecule has 7 heteroatoms. The van der Waals surface area contributed by atoms with E-state index in [0.29, 0.717) is 0 Å². The van der Waals surface area contributed by atoms with Gasteiger partial charge in [0.2, 0.25) is 0 Å². The molecule has 0 saturated carbocycles. The molecule has 0 amide bonds. The maximum atomic E-state index is 9.67. The van der Waals surface area contributed by atoms with Crippen molar-refractivity contribution in [1.29, 1.82) is 0 Å². The van der Waals surface area contributed by atoms with E-state index in [2.05, 4.69) is 4.52 Å². The standard InChI is InChI=1S/C3H7O4P.2Na/c1-3(2-4)7-8(5)6;;/h3-4H,2H2,1H3;;/q-2;2*+1. The number of hydrogen-bond donors (Lipinski definition) is 1. The summed E-state index contributed by atoms with van der Waals surface area (Å²) in [6.45, 7) is 1.19. The Labute approximate surface area is 106 Å². The Morgan fingerprint density at radius 1 is 1.50 bits per heavy atom. The zero-order valence-electron chi connectivity index (χ0n) is 6.40. The summed E-state index contributed by atoms with van der Waals surface area (Å²) < 4.78 is 4.10. The third-order valence-corrected chi connectivity index (χ3v) is 1.06. The predicted molar refractivity (Wildman–Crippen MR) is 24.6 cm³/mol. The van der Waals surface area contributed by atoms with Gasteiger partial charge < -0.3 is 19.4 Å². The van der Waals surface area contributed by atoms with Crippen molar-refractivity contribution in [2.75, 3.05) is 6.61 Å². The van der Waals surface area contributed by atoms with E-state index in [1.807, 2.05) is 0 Å². The van der Waals surface area contributed by atoms with Crippen molar-refractivity contribution in [3.63, 3.8) is 0 Å². The molecule has 1 unspecified atom stereocenters. The van der Waals surface area contributed by atoms with Crippen LogP contribution in [0.2, 0.25) is 0 Å². The van der Waals surface area contributed by atoms with Crippen LogP contribution in [-0.4, -0.2) is 17.8 Å². The Hall–Kier alpha value is 2.27. The van der Waals surface area contributed by atoms with Crippen LogP contribution in [0.5, 0.6) is 0 Å². The van der Waals surface area contributed by atoms with Crippen molar-refractivity contribution in [1.82, 2.24) is 0 Å². The van der Waals surface area contributed by atoms with Gasteiger partial charge in [0.05, 0.1) is 12.7 Å². The summed E-state index contributed by atoms with van der Waals surface area (Å²) >= 11 is 0. The molecule has 0 aromatic rings. The maximum absolute atomic E-state index is 9.67. The van der Waals surface area contributed by atoms with Crippen molar-refractivity contribution >= 4 is 8.60 Å². The van der Waals surface area contributed by atoms with Gasteiger partial charge in [-0.3, -0.25) is 0 Å². The molecule has 4 nitrogen and oxygen atoms in total. The number of rotatable bonds is 3. The van der Waals surface area contributed by atoms with E-state index < -0.39 is 14.7 Å². The van der Waals surface area contributed by atoms with Gasteiger partial charge in [0.25, 0.3) is 0 Å². The minimum atomic E-state index is -2.81. The van der Waals surface area contributed by atoms with Crippen molar-refractivity contribution in [2.24, 2.45) is 0 Å². The van der Waals surface area contributed by atoms with E-state index >= 15 is 0 Å². The van der Waals surface area contributed by atoms with Crippen LogP contribution in [0.3, 0.4) is 0 Å². The molecule has 0 fully saturated rings. The zero-order chi connectivity index (χ0) is 6.57. The van der Waals surface area contributed by atoms with Gasteiger partial charge in [0.1, 0.15) is 0 Å². The Bertz CT molecular complexity index is 64.5. The molecule has 0 bridgehead atoms. The van der Waals surface area contributed by atoms with Gasteiger partial charge >= 0.3 is 59.1 Å². The van der Waals surface area contributed by atoms with Crippen molar-refractivity contribution in [3.05, 3.63) is 0 Å². The molecule has 0 aliphatic heterocycles. The first-order valence-corrected chi connectivity index (χ1v) is 3.18. The van der Waals surface area contributed by atoms with Crippen LogP contribution in [0.25, 0.3) is 0 Å². The topological polar surface area (TPSA) is 75.6 Å². The first kappa shape index (κ1) is 18.1. The van der Waals surface area contributed by atoms with Crippen molar-refractivity contribution in [3.8, 4) is 0 Å². The van der Waals surface area contributed by atoms with Crippen LogP contribution in [0, 0.1) is 0 Å². The average Bonchev–Trinajstić information content (AvgIpc) is 1.65. The monoisotopic (exact) mass is 184 g/mol. The fraction of sp³-hybridized carbons (Fsp3) is 1.00. The minimum Gasteiger partial charge on any atom is -0.820 e. The molecule has 50 valence electrons. The smallest absolute Gasteiger partial charge is 0.820 e. The molecular weight excluding hydrogens is 177 g/mol. The van der Waals surface area contributed by atoms with E-state index in [-0.39, 0.29) is 65.7 Å². The van der Waals surface area contributed by atoms with E-state index in [1.54, 1.807) is 0 Å². The van der Waals surface area contributed by atoms with Gasteiger partial charge in [-0.1, -0.05) is 0 Å². The van der Waals surface area contributed by atoms with E-state index in [1.165, 1.54) is 6.92 Å². The first-order valence-electron chi connectivity index (χ1n) is 2.09. The Kier molecular flexibility index (Phi) is 20.4. The number of aliphatic hydroxyl groups is 1.